The van der Waals surface area contributed by atoms with Gasteiger partial charge in [0.2, 0.25) is 0 Å². The van der Waals surface area contributed by atoms with Crippen LogP contribution in [0.1, 0.15) is 73.6 Å². The third kappa shape index (κ3) is 7.92. The SMILES string of the molecule is CCC[C@@H](C)C[C@@H](C)C[C@@H](C)/C=C(\C)[C@H](O)CC. The van der Waals surface area contributed by atoms with Crippen molar-refractivity contribution < 1.29 is 5.11 Å². The van der Waals surface area contributed by atoms with Crippen LogP contribution in [-0.4, -0.2) is 11.2 Å². The van der Waals surface area contributed by atoms with Crippen LogP contribution in [0.5, 0.6) is 0 Å². The van der Waals surface area contributed by atoms with Crippen LogP contribution >= 0.6 is 0 Å². The summed E-state index contributed by atoms with van der Waals surface area (Å²) in [6.45, 7) is 13.3. The van der Waals surface area contributed by atoms with Crippen LogP contribution in [0, 0.1) is 17.8 Å². The topological polar surface area (TPSA) is 20.2 Å². The monoisotopic (exact) mass is 254 g/mol. The third-order valence-electron chi connectivity index (χ3n) is 3.82. The van der Waals surface area contributed by atoms with Crippen LogP contribution in [0.15, 0.2) is 11.6 Å². The van der Waals surface area contributed by atoms with Crippen LogP contribution in [0.3, 0.4) is 0 Å². The summed E-state index contributed by atoms with van der Waals surface area (Å²) in [5, 5.41) is 9.76. The van der Waals surface area contributed by atoms with Gasteiger partial charge in [0.05, 0.1) is 6.10 Å². The molecule has 0 aromatic carbocycles. The molecule has 1 heteroatoms. The van der Waals surface area contributed by atoms with Gasteiger partial charge in [0.1, 0.15) is 0 Å². The Morgan fingerprint density at radius 2 is 1.67 bits per heavy atom. The molecular weight excluding hydrogens is 220 g/mol. The number of hydrogen-bond donors (Lipinski definition) is 1. The highest BCUT2D eigenvalue weighted by molar-refractivity contribution is 5.05. The fourth-order valence-electron chi connectivity index (χ4n) is 2.98. The van der Waals surface area contributed by atoms with Crippen molar-refractivity contribution in [3.63, 3.8) is 0 Å². The Bertz CT molecular complexity index is 232. The highest BCUT2D eigenvalue weighted by Crippen LogP contribution is 2.24. The lowest BCUT2D eigenvalue weighted by Crippen LogP contribution is -2.10. The van der Waals surface area contributed by atoms with Crippen LogP contribution in [-0.2, 0) is 0 Å². The summed E-state index contributed by atoms with van der Waals surface area (Å²) in [6, 6.07) is 0. The maximum Gasteiger partial charge on any atom is 0.0744 e. The van der Waals surface area contributed by atoms with E-state index in [-0.39, 0.29) is 6.10 Å². The summed E-state index contributed by atoms with van der Waals surface area (Å²) < 4.78 is 0. The van der Waals surface area contributed by atoms with Crippen molar-refractivity contribution in [2.75, 3.05) is 0 Å². The van der Waals surface area contributed by atoms with Gasteiger partial charge in [-0.3, -0.25) is 0 Å². The van der Waals surface area contributed by atoms with Gasteiger partial charge in [-0.15, -0.1) is 0 Å². The Morgan fingerprint density at radius 3 is 2.17 bits per heavy atom. The maximum absolute atomic E-state index is 9.76. The first-order valence-electron chi connectivity index (χ1n) is 7.76. The van der Waals surface area contributed by atoms with Crippen molar-refractivity contribution >= 4 is 0 Å². The lowest BCUT2D eigenvalue weighted by atomic mass is 9.87. The van der Waals surface area contributed by atoms with E-state index in [9.17, 15) is 5.11 Å². The molecule has 0 spiro atoms. The predicted molar refractivity (Wildman–Crippen MR) is 81.7 cm³/mol. The minimum absolute atomic E-state index is 0.248. The van der Waals surface area contributed by atoms with E-state index in [1.54, 1.807) is 0 Å². The van der Waals surface area contributed by atoms with Gasteiger partial charge in [-0.25, -0.2) is 0 Å². The molecule has 1 N–H and O–H groups in total. The fraction of sp³-hybridized carbons (Fsp3) is 0.882. The Balaban J connectivity index is 4.10. The maximum atomic E-state index is 9.76. The van der Waals surface area contributed by atoms with Gasteiger partial charge in [-0.05, 0) is 49.5 Å². The lowest BCUT2D eigenvalue weighted by Gasteiger charge is -2.20. The fourth-order valence-corrected chi connectivity index (χ4v) is 2.98. The van der Waals surface area contributed by atoms with Gasteiger partial charge in [-0.1, -0.05) is 53.5 Å². The number of hydrogen-bond acceptors (Lipinski definition) is 1. The summed E-state index contributed by atoms with van der Waals surface area (Å²) in [5.41, 5.74) is 1.14. The largest absolute Gasteiger partial charge is 0.389 e. The van der Waals surface area contributed by atoms with Crippen LogP contribution < -0.4 is 0 Å². The Hall–Kier alpha value is -0.300. The molecule has 0 fully saturated rings. The minimum Gasteiger partial charge on any atom is -0.389 e. The van der Waals surface area contributed by atoms with Gasteiger partial charge in [0.15, 0.2) is 0 Å². The highest BCUT2D eigenvalue weighted by atomic mass is 16.3. The van der Waals surface area contributed by atoms with E-state index in [4.69, 9.17) is 0 Å². The zero-order valence-corrected chi connectivity index (χ0v) is 13.4. The van der Waals surface area contributed by atoms with Crippen LogP contribution in [0.4, 0.5) is 0 Å². The molecular formula is C17H34O. The van der Waals surface area contributed by atoms with E-state index < -0.39 is 0 Å². The summed E-state index contributed by atoms with van der Waals surface area (Å²) in [5.74, 6) is 2.21. The van der Waals surface area contributed by atoms with Crippen molar-refractivity contribution in [3.8, 4) is 0 Å². The summed E-state index contributed by atoms with van der Waals surface area (Å²) >= 11 is 0. The Labute approximate surface area is 115 Å². The molecule has 0 amide bonds. The highest BCUT2D eigenvalue weighted by Gasteiger charge is 2.12. The molecule has 0 unspecified atom stereocenters. The molecule has 0 radical (unpaired) electrons. The molecule has 0 aromatic heterocycles. The second-order valence-electron chi connectivity index (χ2n) is 6.28. The second kappa shape index (κ2) is 9.61. The molecule has 108 valence electrons. The third-order valence-corrected chi connectivity index (χ3v) is 3.82. The number of rotatable bonds is 9. The van der Waals surface area contributed by atoms with E-state index in [0.717, 1.165) is 23.8 Å². The van der Waals surface area contributed by atoms with Crippen LogP contribution in [0.2, 0.25) is 0 Å². The van der Waals surface area contributed by atoms with Crippen LogP contribution in [0.25, 0.3) is 0 Å². The molecule has 0 aliphatic carbocycles. The van der Waals surface area contributed by atoms with Gasteiger partial charge < -0.3 is 5.11 Å². The average Bonchev–Trinajstić information content (AvgIpc) is 2.27. The number of aliphatic hydroxyl groups is 1. The Kier molecular flexibility index (Phi) is 9.45. The molecule has 0 aliphatic rings. The zero-order chi connectivity index (χ0) is 14.1. The van der Waals surface area contributed by atoms with E-state index in [1.165, 1.54) is 25.7 Å². The summed E-state index contributed by atoms with van der Waals surface area (Å²) in [6.07, 6.45) is 8.05. The molecule has 0 rings (SSSR count). The summed E-state index contributed by atoms with van der Waals surface area (Å²) in [4.78, 5) is 0. The first-order chi connectivity index (χ1) is 8.40. The van der Waals surface area contributed by atoms with Crippen molar-refractivity contribution in [1.29, 1.82) is 0 Å². The van der Waals surface area contributed by atoms with Gasteiger partial charge in [0.25, 0.3) is 0 Å². The smallest absolute Gasteiger partial charge is 0.0744 e. The Morgan fingerprint density at radius 1 is 1.06 bits per heavy atom. The quantitative estimate of drug-likeness (QED) is 0.561. The zero-order valence-electron chi connectivity index (χ0n) is 13.4. The summed E-state index contributed by atoms with van der Waals surface area (Å²) in [7, 11) is 0. The number of aliphatic hydroxyl groups excluding tert-OH is 1. The molecule has 18 heavy (non-hydrogen) atoms. The van der Waals surface area contributed by atoms with Crippen molar-refractivity contribution in [2.45, 2.75) is 79.8 Å². The normalized spacial score (nSPS) is 19.4. The second-order valence-corrected chi connectivity index (χ2v) is 6.28. The van der Waals surface area contributed by atoms with Gasteiger partial charge in [-0.2, -0.15) is 0 Å². The first kappa shape index (κ1) is 17.7. The molecule has 0 saturated carbocycles. The van der Waals surface area contributed by atoms with E-state index in [0.29, 0.717) is 5.92 Å². The molecule has 0 heterocycles. The molecule has 1 nitrogen and oxygen atoms in total. The number of allylic oxidation sites excluding steroid dienone is 1. The molecule has 0 aromatic rings. The average molecular weight is 254 g/mol. The van der Waals surface area contributed by atoms with E-state index in [2.05, 4.69) is 40.7 Å². The van der Waals surface area contributed by atoms with E-state index >= 15 is 0 Å². The molecule has 0 aliphatic heterocycles. The first-order valence-corrected chi connectivity index (χ1v) is 7.76. The lowest BCUT2D eigenvalue weighted by molar-refractivity contribution is 0.205. The molecule has 0 saturated heterocycles. The van der Waals surface area contributed by atoms with Crippen molar-refractivity contribution in [1.82, 2.24) is 0 Å². The van der Waals surface area contributed by atoms with Crippen molar-refractivity contribution in [2.24, 2.45) is 17.8 Å². The molecule has 0 bridgehead atoms. The standard InChI is InChI=1S/C17H34O/c1-7-9-13(3)10-14(4)11-15(5)12-16(6)17(18)8-2/h12-15,17-18H,7-11H2,1-6H3/b16-12+/t13-,14-,15-,17-/m1/s1. The van der Waals surface area contributed by atoms with Gasteiger partial charge in [0, 0.05) is 0 Å². The van der Waals surface area contributed by atoms with E-state index in [1.807, 2.05) is 6.92 Å². The van der Waals surface area contributed by atoms with Gasteiger partial charge >= 0.3 is 0 Å². The minimum atomic E-state index is -0.248. The molecule has 4 atom stereocenters. The van der Waals surface area contributed by atoms with Crippen molar-refractivity contribution in [3.05, 3.63) is 11.6 Å². The predicted octanol–water partition coefficient (Wildman–Crippen LogP) is 5.19.